The van der Waals surface area contributed by atoms with Crippen molar-refractivity contribution < 1.29 is 22.7 Å². The summed E-state index contributed by atoms with van der Waals surface area (Å²) in [5.41, 5.74) is 0.308. The predicted octanol–water partition coefficient (Wildman–Crippen LogP) is 2.12. The van der Waals surface area contributed by atoms with Gasteiger partial charge in [0.1, 0.15) is 0 Å². The second-order valence-corrected chi connectivity index (χ2v) is 7.93. The first-order chi connectivity index (χ1) is 9.96. The summed E-state index contributed by atoms with van der Waals surface area (Å²) >= 11 is 6.15. The number of rotatable bonds is 2. The fourth-order valence-corrected chi connectivity index (χ4v) is 4.58. The van der Waals surface area contributed by atoms with Gasteiger partial charge in [0.2, 0.25) is 0 Å². The molecule has 0 aliphatic carbocycles. The molecule has 1 atom stereocenters. The summed E-state index contributed by atoms with van der Waals surface area (Å²) in [6, 6.07) is 3.13. The van der Waals surface area contributed by atoms with E-state index in [1.165, 1.54) is 0 Å². The van der Waals surface area contributed by atoms with Gasteiger partial charge in [-0.15, -0.1) is 0 Å². The van der Waals surface area contributed by atoms with Crippen LogP contribution in [0.3, 0.4) is 0 Å². The van der Waals surface area contributed by atoms with Crippen LogP contribution in [0.1, 0.15) is 23.2 Å². The summed E-state index contributed by atoms with van der Waals surface area (Å²) in [6.07, 6.45) is 1.11. The zero-order valence-electron chi connectivity index (χ0n) is 11.3. The first-order valence-electron chi connectivity index (χ1n) is 6.80. The van der Waals surface area contributed by atoms with E-state index in [1.54, 1.807) is 12.1 Å². The van der Waals surface area contributed by atoms with Gasteiger partial charge in [-0.25, -0.2) is 8.42 Å². The molecule has 0 amide bonds. The third kappa shape index (κ3) is 3.01. The minimum absolute atomic E-state index is 0.0611. The van der Waals surface area contributed by atoms with E-state index in [0.29, 0.717) is 36.7 Å². The van der Waals surface area contributed by atoms with Crippen LogP contribution in [0.5, 0.6) is 11.5 Å². The molecular formula is C14H15ClO5S. The summed E-state index contributed by atoms with van der Waals surface area (Å²) in [4.78, 5) is 12.5. The Labute approximate surface area is 128 Å². The van der Waals surface area contributed by atoms with Gasteiger partial charge in [-0.3, -0.25) is 4.79 Å². The Bertz CT molecular complexity index is 683. The third-order valence-corrected chi connectivity index (χ3v) is 5.79. The molecule has 0 spiro atoms. The first-order valence-corrected chi connectivity index (χ1v) is 9.00. The highest BCUT2D eigenvalue weighted by atomic mass is 35.5. The molecule has 2 aliphatic rings. The molecule has 2 heterocycles. The molecule has 0 bridgehead atoms. The number of hydrogen-bond donors (Lipinski definition) is 0. The molecule has 5 nitrogen and oxygen atoms in total. The fraction of sp³-hybridized carbons (Fsp3) is 0.500. The highest BCUT2D eigenvalue weighted by Gasteiger charge is 2.34. The molecule has 1 aromatic rings. The number of hydrogen-bond acceptors (Lipinski definition) is 5. The maximum atomic E-state index is 12.5. The highest BCUT2D eigenvalue weighted by Crippen LogP contribution is 2.37. The lowest BCUT2D eigenvalue weighted by Crippen LogP contribution is -2.17. The molecule has 7 heteroatoms. The Morgan fingerprint density at radius 1 is 1.19 bits per heavy atom. The van der Waals surface area contributed by atoms with Crippen LogP contribution in [0.15, 0.2) is 12.1 Å². The largest absolute Gasteiger partial charge is 0.490 e. The summed E-state index contributed by atoms with van der Waals surface area (Å²) in [7, 11) is -3.10. The lowest BCUT2D eigenvalue weighted by atomic mass is 9.97. The van der Waals surface area contributed by atoms with Gasteiger partial charge in [0.05, 0.1) is 29.7 Å². The van der Waals surface area contributed by atoms with E-state index in [1.807, 2.05) is 0 Å². The second kappa shape index (κ2) is 5.50. The van der Waals surface area contributed by atoms with Gasteiger partial charge in [0, 0.05) is 24.0 Å². The van der Waals surface area contributed by atoms with Crippen LogP contribution in [0.25, 0.3) is 0 Å². The number of sulfone groups is 1. The van der Waals surface area contributed by atoms with E-state index in [0.717, 1.165) is 6.42 Å². The minimum Gasteiger partial charge on any atom is -0.490 e. The van der Waals surface area contributed by atoms with Crippen LogP contribution in [0.4, 0.5) is 0 Å². The molecule has 0 saturated carbocycles. The molecule has 1 saturated heterocycles. The normalized spacial score (nSPS) is 23.6. The number of carbonyl (C=O) groups is 1. The van der Waals surface area contributed by atoms with Crippen LogP contribution < -0.4 is 9.47 Å². The molecule has 2 aliphatic heterocycles. The molecule has 1 aromatic carbocycles. The topological polar surface area (TPSA) is 69.7 Å². The zero-order valence-corrected chi connectivity index (χ0v) is 12.9. The molecule has 0 N–H and O–H groups in total. The van der Waals surface area contributed by atoms with Crippen LogP contribution in [-0.2, 0) is 9.84 Å². The molecule has 1 fully saturated rings. The van der Waals surface area contributed by atoms with E-state index >= 15 is 0 Å². The third-order valence-electron chi connectivity index (χ3n) is 3.71. The number of Topliss-reactive ketones (excluding diaryl/α,β-unsaturated/α-hetero) is 1. The van der Waals surface area contributed by atoms with Crippen molar-refractivity contribution in [3.05, 3.63) is 22.7 Å². The van der Waals surface area contributed by atoms with Gasteiger partial charge in [-0.2, -0.15) is 0 Å². The van der Waals surface area contributed by atoms with Crippen molar-refractivity contribution in [2.75, 3.05) is 24.7 Å². The second-order valence-electron chi connectivity index (χ2n) is 5.29. The first kappa shape index (κ1) is 14.7. The Morgan fingerprint density at radius 2 is 1.86 bits per heavy atom. The summed E-state index contributed by atoms with van der Waals surface area (Å²) in [6.45, 7) is 1.05. The molecule has 114 valence electrons. The van der Waals surface area contributed by atoms with Gasteiger partial charge in [-0.1, -0.05) is 11.6 Å². The van der Waals surface area contributed by atoms with Crippen molar-refractivity contribution in [1.82, 2.24) is 0 Å². The number of benzene rings is 1. The monoisotopic (exact) mass is 330 g/mol. The molecule has 1 unspecified atom stereocenters. The van der Waals surface area contributed by atoms with Crippen molar-refractivity contribution in [3.8, 4) is 11.5 Å². The summed E-state index contributed by atoms with van der Waals surface area (Å²) in [5, 5.41) is 0.272. The molecule has 0 radical (unpaired) electrons. The maximum Gasteiger partial charge on any atom is 0.168 e. The number of fused-ring (bicyclic) bond motifs is 1. The molecule has 0 aromatic heterocycles. The van der Waals surface area contributed by atoms with Gasteiger partial charge >= 0.3 is 0 Å². The number of halogens is 1. The summed E-state index contributed by atoms with van der Waals surface area (Å²) < 4.78 is 34.1. The fourth-order valence-electron chi connectivity index (χ4n) is 2.59. The lowest BCUT2D eigenvalue weighted by molar-refractivity contribution is 0.0933. The van der Waals surface area contributed by atoms with Gasteiger partial charge in [0.15, 0.2) is 27.1 Å². The Hall–Kier alpha value is -1.27. The van der Waals surface area contributed by atoms with Gasteiger partial charge < -0.3 is 9.47 Å². The standard InChI is InChI=1S/C14H15ClO5S/c15-11-7-13-12(19-3-1-4-20-13)6-10(11)14(16)9-2-5-21(17,18)8-9/h6-7,9H,1-5,8H2. The van der Waals surface area contributed by atoms with E-state index in [4.69, 9.17) is 21.1 Å². The molecule has 3 rings (SSSR count). The van der Waals surface area contributed by atoms with E-state index in [-0.39, 0.29) is 22.3 Å². The molecule has 21 heavy (non-hydrogen) atoms. The maximum absolute atomic E-state index is 12.5. The number of ketones is 1. The van der Waals surface area contributed by atoms with E-state index in [2.05, 4.69) is 0 Å². The average molecular weight is 331 g/mol. The number of ether oxygens (including phenoxy) is 2. The van der Waals surface area contributed by atoms with E-state index in [9.17, 15) is 13.2 Å². The van der Waals surface area contributed by atoms with Crippen LogP contribution in [0, 0.1) is 5.92 Å². The van der Waals surface area contributed by atoms with Crippen molar-refractivity contribution in [3.63, 3.8) is 0 Å². The van der Waals surface area contributed by atoms with Crippen molar-refractivity contribution >= 4 is 27.2 Å². The zero-order chi connectivity index (χ0) is 15.0. The SMILES string of the molecule is O=C(c1cc2c(cc1Cl)OCCCO2)C1CCS(=O)(=O)C1. The van der Waals surface area contributed by atoms with Gasteiger partial charge in [-0.05, 0) is 12.5 Å². The smallest absolute Gasteiger partial charge is 0.168 e. The lowest BCUT2D eigenvalue weighted by Gasteiger charge is -2.13. The quantitative estimate of drug-likeness (QED) is 0.777. The summed E-state index contributed by atoms with van der Waals surface area (Å²) in [5.74, 6) is 0.213. The van der Waals surface area contributed by atoms with Crippen molar-refractivity contribution in [1.29, 1.82) is 0 Å². The van der Waals surface area contributed by atoms with E-state index < -0.39 is 15.8 Å². The number of carbonyl (C=O) groups excluding carboxylic acids is 1. The van der Waals surface area contributed by atoms with Gasteiger partial charge in [0.25, 0.3) is 0 Å². The van der Waals surface area contributed by atoms with Crippen LogP contribution in [0.2, 0.25) is 5.02 Å². The Kier molecular flexibility index (Phi) is 3.84. The van der Waals surface area contributed by atoms with Crippen LogP contribution in [-0.4, -0.2) is 38.9 Å². The Morgan fingerprint density at radius 3 is 2.48 bits per heavy atom. The predicted molar refractivity (Wildman–Crippen MR) is 78.2 cm³/mol. The minimum atomic E-state index is -3.10. The highest BCUT2D eigenvalue weighted by molar-refractivity contribution is 7.91. The average Bonchev–Trinajstić information content (AvgIpc) is 2.66. The van der Waals surface area contributed by atoms with Crippen molar-refractivity contribution in [2.24, 2.45) is 5.92 Å². The Balaban J connectivity index is 1.92. The van der Waals surface area contributed by atoms with Crippen LogP contribution >= 0.6 is 11.6 Å². The van der Waals surface area contributed by atoms with Crippen molar-refractivity contribution in [2.45, 2.75) is 12.8 Å². The molecular weight excluding hydrogens is 316 g/mol.